The molecule has 1 aliphatic carbocycles. The van der Waals surface area contributed by atoms with E-state index in [0.29, 0.717) is 18.3 Å². The van der Waals surface area contributed by atoms with Crippen LogP contribution in [0, 0.1) is 0 Å². The van der Waals surface area contributed by atoms with Crippen LogP contribution >= 0.6 is 0 Å². The van der Waals surface area contributed by atoms with Gasteiger partial charge in [-0.1, -0.05) is 18.2 Å². The Balaban J connectivity index is 1.59. The summed E-state index contributed by atoms with van der Waals surface area (Å²) in [6, 6.07) is 7.51. The predicted octanol–water partition coefficient (Wildman–Crippen LogP) is 1.45. The molecule has 6 nitrogen and oxygen atoms in total. The first kappa shape index (κ1) is 13.3. The molecular weight excluding hydrogens is 280 g/mol. The topological polar surface area (TPSA) is 78.1 Å². The van der Waals surface area contributed by atoms with Gasteiger partial charge in [0.05, 0.1) is 5.52 Å². The highest BCUT2D eigenvalue weighted by atomic mass is 16.2. The number of aromatic nitrogens is 2. The lowest BCUT2D eigenvalue weighted by Crippen LogP contribution is -2.46. The fourth-order valence-electron chi connectivity index (χ4n) is 3.07. The minimum Gasteiger partial charge on any atom is -0.352 e. The van der Waals surface area contributed by atoms with E-state index in [0.717, 1.165) is 36.6 Å². The minimum atomic E-state index is -0.358. The molecule has 1 aromatic carbocycles. The Morgan fingerprint density at radius 3 is 2.86 bits per heavy atom. The number of H-pyrrole nitrogens is 1. The summed E-state index contributed by atoms with van der Waals surface area (Å²) in [4.78, 5) is 26.8. The van der Waals surface area contributed by atoms with Crippen molar-refractivity contribution in [2.75, 3.05) is 6.54 Å². The second-order valence-corrected chi connectivity index (χ2v) is 6.06. The number of amides is 2. The van der Waals surface area contributed by atoms with Crippen molar-refractivity contribution in [2.24, 2.45) is 0 Å². The molecule has 114 valence electrons. The number of para-hydroxylation sites is 1. The summed E-state index contributed by atoms with van der Waals surface area (Å²) in [5.41, 5.74) is 1.24. The van der Waals surface area contributed by atoms with Crippen molar-refractivity contribution < 1.29 is 9.59 Å². The SMILES string of the molecule is O=C(NC1CC1)[C@@H]1CCCN1C(=O)c1n[nH]c2ccccc12. The number of carbonyl (C=O) groups is 2. The molecule has 2 aliphatic rings. The number of nitrogens with zero attached hydrogens (tertiary/aromatic N) is 2. The Hall–Kier alpha value is -2.37. The predicted molar refractivity (Wildman–Crippen MR) is 81.3 cm³/mol. The van der Waals surface area contributed by atoms with Gasteiger partial charge in [0.15, 0.2) is 5.69 Å². The normalized spacial score (nSPS) is 21.3. The van der Waals surface area contributed by atoms with Crippen LogP contribution in [0.25, 0.3) is 10.9 Å². The smallest absolute Gasteiger partial charge is 0.275 e. The van der Waals surface area contributed by atoms with Crippen LogP contribution in [0.1, 0.15) is 36.2 Å². The van der Waals surface area contributed by atoms with Gasteiger partial charge in [-0.3, -0.25) is 14.7 Å². The molecule has 0 spiro atoms. The Labute approximate surface area is 127 Å². The third-order valence-electron chi connectivity index (χ3n) is 4.41. The molecule has 1 aliphatic heterocycles. The molecule has 6 heteroatoms. The van der Waals surface area contributed by atoms with Crippen molar-refractivity contribution in [3.63, 3.8) is 0 Å². The van der Waals surface area contributed by atoms with Crippen molar-refractivity contribution in [3.8, 4) is 0 Å². The number of carbonyl (C=O) groups excluding carboxylic acids is 2. The maximum absolute atomic E-state index is 12.8. The highest BCUT2D eigenvalue weighted by Crippen LogP contribution is 2.25. The molecule has 2 heterocycles. The number of hydrogen-bond acceptors (Lipinski definition) is 3. The van der Waals surface area contributed by atoms with Crippen LogP contribution in [0.3, 0.4) is 0 Å². The summed E-state index contributed by atoms with van der Waals surface area (Å²) in [5.74, 6) is -0.181. The first-order chi connectivity index (χ1) is 10.7. The van der Waals surface area contributed by atoms with E-state index in [9.17, 15) is 9.59 Å². The number of likely N-dealkylation sites (tertiary alicyclic amines) is 1. The minimum absolute atomic E-state index is 0.0202. The van der Waals surface area contributed by atoms with E-state index in [1.54, 1.807) is 4.90 Å². The van der Waals surface area contributed by atoms with Crippen molar-refractivity contribution >= 4 is 22.7 Å². The van der Waals surface area contributed by atoms with Crippen molar-refractivity contribution in [2.45, 2.75) is 37.8 Å². The maximum atomic E-state index is 12.8. The number of benzene rings is 1. The zero-order valence-corrected chi connectivity index (χ0v) is 12.2. The largest absolute Gasteiger partial charge is 0.352 e. The summed E-state index contributed by atoms with van der Waals surface area (Å²) in [6.07, 6.45) is 3.69. The lowest BCUT2D eigenvalue weighted by Gasteiger charge is -2.23. The van der Waals surface area contributed by atoms with E-state index in [1.165, 1.54) is 0 Å². The molecule has 1 atom stereocenters. The van der Waals surface area contributed by atoms with Gasteiger partial charge >= 0.3 is 0 Å². The lowest BCUT2D eigenvalue weighted by atomic mass is 10.1. The summed E-state index contributed by atoms with van der Waals surface area (Å²) in [7, 11) is 0. The molecule has 1 aromatic heterocycles. The van der Waals surface area contributed by atoms with Crippen LogP contribution in [-0.2, 0) is 4.79 Å². The molecule has 2 aromatic rings. The zero-order valence-electron chi connectivity index (χ0n) is 12.2. The second kappa shape index (κ2) is 5.12. The first-order valence-corrected chi connectivity index (χ1v) is 7.78. The Kier molecular flexibility index (Phi) is 3.10. The van der Waals surface area contributed by atoms with Gasteiger partial charge in [-0.25, -0.2) is 0 Å². The summed E-state index contributed by atoms with van der Waals surface area (Å²) < 4.78 is 0. The number of rotatable bonds is 3. The molecule has 1 saturated heterocycles. The van der Waals surface area contributed by atoms with Crippen molar-refractivity contribution in [1.82, 2.24) is 20.4 Å². The summed E-state index contributed by atoms with van der Waals surface area (Å²) in [6.45, 7) is 0.614. The Morgan fingerprint density at radius 2 is 2.05 bits per heavy atom. The van der Waals surface area contributed by atoms with Crippen LogP contribution in [0.15, 0.2) is 24.3 Å². The first-order valence-electron chi connectivity index (χ1n) is 7.78. The van der Waals surface area contributed by atoms with Crippen LogP contribution in [0.2, 0.25) is 0 Å². The van der Waals surface area contributed by atoms with Crippen LogP contribution < -0.4 is 5.32 Å². The number of hydrogen-bond donors (Lipinski definition) is 2. The monoisotopic (exact) mass is 298 g/mol. The zero-order chi connectivity index (χ0) is 15.1. The molecule has 2 amide bonds. The van der Waals surface area contributed by atoms with E-state index < -0.39 is 0 Å². The van der Waals surface area contributed by atoms with E-state index in [-0.39, 0.29) is 17.9 Å². The van der Waals surface area contributed by atoms with Gasteiger partial charge in [-0.2, -0.15) is 5.10 Å². The van der Waals surface area contributed by atoms with Gasteiger partial charge in [0.25, 0.3) is 5.91 Å². The van der Waals surface area contributed by atoms with E-state index in [2.05, 4.69) is 15.5 Å². The molecular formula is C16H18N4O2. The van der Waals surface area contributed by atoms with Gasteiger partial charge in [-0.05, 0) is 31.7 Å². The number of fused-ring (bicyclic) bond motifs is 1. The van der Waals surface area contributed by atoms with Crippen LogP contribution in [0.5, 0.6) is 0 Å². The van der Waals surface area contributed by atoms with Crippen molar-refractivity contribution in [1.29, 1.82) is 0 Å². The maximum Gasteiger partial charge on any atom is 0.275 e. The van der Waals surface area contributed by atoms with Gasteiger partial charge in [0, 0.05) is 18.0 Å². The van der Waals surface area contributed by atoms with Crippen molar-refractivity contribution in [3.05, 3.63) is 30.0 Å². The Morgan fingerprint density at radius 1 is 1.23 bits per heavy atom. The highest BCUT2D eigenvalue weighted by Gasteiger charge is 2.37. The van der Waals surface area contributed by atoms with Gasteiger partial charge < -0.3 is 10.2 Å². The summed E-state index contributed by atoms with van der Waals surface area (Å²) >= 11 is 0. The van der Waals surface area contributed by atoms with Gasteiger partial charge in [0.2, 0.25) is 5.91 Å². The van der Waals surface area contributed by atoms with E-state index >= 15 is 0 Å². The standard InChI is InChI=1S/C16H18N4O2/c21-15(17-10-7-8-10)13-6-3-9-20(13)16(22)14-11-4-1-2-5-12(11)18-19-14/h1-2,4-5,10,13H,3,6-9H2,(H,17,21)(H,18,19)/t13-/m0/s1. The fraction of sp³-hybridized carbons (Fsp3) is 0.438. The van der Waals surface area contributed by atoms with E-state index in [4.69, 9.17) is 0 Å². The molecule has 0 radical (unpaired) electrons. The molecule has 2 fully saturated rings. The van der Waals surface area contributed by atoms with Crippen LogP contribution in [0.4, 0.5) is 0 Å². The van der Waals surface area contributed by atoms with Gasteiger partial charge in [0.1, 0.15) is 6.04 Å². The Bertz CT molecular complexity index is 735. The fourth-order valence-corrected chi connectivity index (χ4v) is 3.07. The summed E-state index contributed by atoms with van der Waals surface area (Å²) in [5, 5.41) is 10.8. The number of aromatic amines is 1. The van der Waals surface area contributed by atoms with E-state index in [1.807, 2.05) is 24.3 Å². The molecule has 1 saturated carbocycles. The van der Waals surface area contributed by atoms with Gasteiger partial charge in [-0.15, -0.1) is 0 Å². The second-order valence-electron chi connectivity index (χ2n) is 6.06. The molecule has 0 unspecified atom stereocenters. The average molecular weight is 298 g/mol. The molecule has 2 N–H and O–H groups in total. The highest BCUT2D eigenvalue weighted by molar-refractivity contribution is 6.06. The molecule has 4 rings (SSSR count). The quantitative estimate of drug-likeness (QED) is 0.900. The molecule has 22 heavy (non-hydrogen) atoms. The van der Waals surface area contributed by atoms with Crippen LogP contribution in [-0.4, -0.2) is 45.5 Å². The number of nitrogens with one attached hydrogen (secondary N) is 2. The third-order valence-corrected chi connectivity index (χ3v) is 4.41. The lowest BCUT2D eigenvalue weighted by molar-refractivity contribution is -0.125. The average Bonchev–Trinajstić information content (AvgIpc) is 3.06. The molecule has 0 bridgehead atoms. The third kappa shape index (κ3) is 2.24.